The summed E-state index contributed by atoms with van der Waals surface area (Å²) in [4.78, 5) is 16.2. The van der Waals surface area contributed by atoms with Gasteiger partial charge in [0.15, 0.2) is 0 Å². The monoisotopic (exact) mass is 263 g/mol. The van der Waals surface area contributed by atoms with E-state index in [4.69, 9.17) is 0 Å². The standard InChI is InChI=1S/C15H25N3O/c1-4-6-7-8-12(3)18-15(19)13-9-10-16-11-14(13)17-5-2/h9-12,17H,4-8H2,1-3H3,(H,18,19). The van der Waals surface area contributed by atoms with Crippen LogP contribution in [0, 0.1) is 0 Å². The molecular formula is C15H25N3O. The largest absolute Gasteiger partial charge is 0.383 e. The summed E-state index contributed by atoms with van der Waals surface area (Å²) < 4.78 is 0. The highest BCUT2D eigenvalue weighted by atomic mass is 16.1. The predicted molar refractivity (Wildman–Crippen MR) is 79.5 cm³/mol. The Hall–Kier alpha value is -1.58. The molecule has 19 heavy (non-hydrogen) atoms. The highest BCUT2D eigenvalue weighted by Gasteiger charge is 2.13. The summed E-state index contributed by atoms with van der Waals surface area (Å²) in [7, 11) is 0. The molecule has 0 spiro atoms. The lowest BCUT2D eigenvalue weighted by Gasteiger charge is -2.15. The Bertz CT molecular complexity index is 393. The highest BCUT2D eigenvalue weighted by molar-refractivity contribution is 5.99. The molecular weight excluding hydrogens is 238 g/mol. The van der Waals surface area contributed by atoms with Crippen LogP contribution in [0.1, 0.15) is 56.8 Å². The van der Waals surface area contributed by atoms with E-state index in [2.05, 4.69) is 29.5 Å². The fourth-order valence-corrected chi connectivity index (χ4v) is 2.00. The molecule has 0 saturated carbocycles. The molecule has 0 saturated heterocycles. The molecule has 0 aliphatic rings. The van der Waals surface area contributed by atoms with Gasteiger partial charge in [0.05, 0.1) is 17.4 Å². The van der Waals surface area contributed by atoms with Crippen LogP contribution < -0.4 is 10.6 Å². The number of nitrogens with zero attached hydrogens (tertiary/aromatic N) is 1. The van der Waals surface area contributed by atoms with Crippen molar-refractivity contribution in [1.29, 1.82) is 0 Å². The lowest BCUT2D eigenvalue weighted by atomic mass is 10.1. The van der Waals surface area contributed by atoms with E-state index in [9.17, 15) is 4.79 Å². The third-order valence-electron chi connectivity index (χ3n) is 3.05. The predicted octanol–water partition coefficient (Wildman–Crippen LogP) is 3.21. The van der Waals surface area contributed by atoms with Gasteiger partial charge in [-0.25, -0.2) is 0 Å². The molecule has 2 N–H and O–H groups in total. The maximum Gasteiger partial charge on any atom is 0.253 e. The smallest absolute Gasteiger partial charge is 0.253 e. The van der Waals surface area contributed by atoms with Gasteiger partial charge in [-0.2, -0.15) is 0 Å². The molecule has 1 rings (SSSR count). The Balaban J connectivity index is 2.57. The van der Waals surface area contributed by atoms with E-state index in [1.54, 1.807) is 18.5 Å². The van der Waals surface area contributed by atoms with Gasteiger partial charge < -0.3 is 10.6 Å². The van der Waals surface area contributed by atoms with Gasteiger partial charge in [-0.3, -0.25) is 9.78 Å². The van der Waals surface area contributed by atoms with Gasteiger partial charge in [0, 0.05) is 18.8 Å². The molecule has 0 aromatic carbocycles. The molecule has 1 aromatic rings. The Labute approximate surface area is 116 Å². The number of amides is 1. The van der Waals surface area contributed by atoms with Gasteiger partial charge in [-0.1, -0.05) is 26.2 Å². The number of aromatic nitrogens is 1. The van der Waals surface area contributed by atoms with Crippen LogP contribution in [0.5, 0.6) is 0 Å². The molecule has 0 fully saturated rings. The van der Waals surface area contributed by atoms with Gasteiger partial charge in [0.1, 0.15) is 0 Å². The number of carbonyl (C=O) groups excluding carboxylic acids is 1. The first-order valence-corrected chi connectivity index (χ1v) is 7.17. The van der Waals surface area contributed by atoms with Crippen LogP contribution in [0.3, 0.4) is 0 Å². The molecule has 4 heteroatoms. The van der Waals surface area contributed by atoms with E-state index in [0.29, 0.717) is 5.56 Å². The molecule has 1 aromatic heterocycles. The average Bonchev–Trinajstić information content (AvgIpc) is 2.40. The average molecular weight is 263 g/mol. The van der Waals surface area contributed by atoms with Crippen molar-refractivity contribution in [2.75, 3.05) is 11.9 Å². The van der Waals surface area contributed by atoms with Crippen LogP contribution in [0.4, 0.5) is 5.69 Å². The minimum absolute atomic E-state index is 0.0256. The Morgan fingerprint density at radius 1 is 1.37 bits per heavy atom. The summed E-state index contributed by atoms with van der Waals surface area (Å²) in [5.41, 5.74) is 1.46. The number of nitrogens with one attached hydrogen (secondary N) is 2. The zero-order valence-corrected chi connectivity index (χ0v) is 12.2. The number of unbranched alkanes of at least 4 members (excludes halogenated alkanes) is 2. The Kier molecular flexibility index (Phi) is 6.93. The van der Waals surface area contributed by atoms with E-state index in [0.717, 1.165) is 25.1 Å². The maximum atomic E-state index is 12.2. The number of anilines is 1. The van der Waals surface area contributed by atoms with Crippen molar-refractivity contribution in [2.24, 2.45) is 0 Å². The van der Waals surface area contributed by atoms with E-state index in [1.165, 1.54) is 12.8 Å². The Morgan fingerprint density at radius 2 is 2.16 bits per heavy atom. The number of hydrogen-bond donors (Lipinski definition) is 2. The van der Waals surface area contributed by atoms with Crippen molar-refractivity contribution >= 4 is 11.6 Å². The molecule has 0 radical (unpaired) electrons. The third kappa shape index (κ3) is 5.28. The van der Waals surface area contributed by atoms with Gasteiger partial charge in [-0.05, 0) is 26.3 Å². The minimum Gasteiger partial charge on any atom is -0.383 e. The summed E-state index contributed by atoms with van der Waals surface area (Å²) in [6, 6.07) is 1.97. The van der Waals surface area contributed by atoms with Gasteiger partial charge >= 0.3 is 0 Å². The second-order valence-corrected chi connectivity index (χ2v) is 4.82. The molecule has 1 heterocycles. The normalized spacial score (nSPS) is 11.9. The summed E-state index contributed by atoms with van der Waals surface area (Å²) in [6.07, 6.45) is 7.96. The van der Waals surface area contributed by atoms with Crippen molar-refractivity contribution in [2.45, 2.75) is 52.5 Å². The molecule has 1 amide bonds. The topological polar surface area (TPSA) is 54.0 Å². The van der Waals surface area contributed by atoms with Crippen LogP contribution >= 0.6 is 0 Å². The zero-order chi connectivity index (χ0) is 14.1. The number of carbonyl (C=O) groups is 1. The van der Waals surface area contributed by atoms with Crippen LogP contribution in [0.25, 0.3) is 0 Å². The summed E-state index contributed by atoms with van der Waals surface area (Å²) in [5, 5.41) is 6.21. The van der Waals surface area contributed by atoms with Crippen molar-refractivity contribution in [3.05, 3.63) is 24.0 Å². The van der Waals surface area contributed by atoms with Crippen molar-refractivity contribution in [3.8, 4) is 0 Å². The first kappa shape index (κ1) is 15.5. The van der Waals surface area contributed by atoms with Gasteiger partial charge in [0.25, 0.3) is 5.91 Å². The first-order chi connectivity index (χ1) is 9.19. The molecule has 0 bridgehead atoms. The SMILES string of the molecule is CCCCCC(C)NC(=O)c1ccncc1NCC. The minimum atomic E-state index is -0.0256. The third-order valence-corrected chi connectivity index (χ3v) is 3.05. The maximum absolute atomic E-state index is 12.2. The van der Waals surface area contributed by atoms with Crippen molar-refractivity contribution in [3.63, 3.8) is 0 Å². The molecule has 1 unspecified atom stereocenters. The second kappa shape index (κ2) is 8.51. The number of hydrogen-bond acceptors (Lipinski definition) is 3. The van der Waals surface area contributed by atoms with Gasteiger partial charge in [0.2, 0.25) is 0 Å². The summed E-state index contributed by atoms with van der Waals surface area (Å²) in [5.74, 6) is -0.0256. The molecule has 0 aliphatic carbocycles. The molecule has 0 aliphatic heterocycles. The number of pyridine rings is 1. The summed E-state index contributed by atoms with van der Waals surface area (Å²) >= 11 is 0. The quantitative estimate of drug-likeness (QED) is 0.708. The first-order valence-electron chi connectivity index (χ1n) is 7.17. The van der Waals surface area contributed by atoms with Gasteiger partial charge in [-0.15, -0.1) is 0 Å². The number of rotatable bonds is 8. The van der Waals surface area contributed by atoms with E-state index >= 15 is 0 Å². The van der Waals surface area contributed by atoms with E-state index in [-0.39, 0.29) is 11.9 Å². The molecule has 1 atom stereocenters. The van der Waals surface area contributed by atoms with Crippen LogP contribution in [-0.4, -0.2) is 23.5 Å². The van der Waals surface area contributed by atoms with Crippen molar-refractivity contribution in [1.82, 2.24) is 10.3 Å². The second-order valence-electron chi connectivity index (χ2n) is 4.82. The molecule has 106 valence electrons. The molecule has 4 nitrogen and oxygen atoms in total. The van der Waals surface area contributed by atoms with E-state index in [1.807, 2.05) is 6.92 Å². The lowest BCUT2D eigenvalue weighted by molar-refractivity contribution is 0.0938. The van der Waals surface area contributed by atoms with Crippen LogP contribution in [0.15, 0.2) is 18.5 Å². The fraction of sp³-hybridized carbons (Fsp3) is 0.600. The van der Waals surface area contributed by atoms with Crippen molar-refractivity contribution < 1.29 is 4.79 Å². The van der Waals surface area contributed by atoms with E-state index < -0.39 is 0 Å². The van der Waals surface area contributed by atoms with Crippen LogP contribution in [0.2, 0.25) is 0 Å². The lowest BCUT2D eigenvalue weighted by Crippen LogP contribution is -2.33. The van der Waals surface area contributed by atoms with Crippen LogP contribution in [-0.2, 0) is 0 Å². The summed E-state index contributed by atoms with van der Waals surface area (Å²) in [6.45, 7) is 7.02. The highest BCUT2D eigenvalue weighted by Crippen LogP contribution is 2.13. The Morgan fingerprint density at radius 3 is 2.84 bits per heavy atom. The zero-order valence-electron chi connectivity index (χ0n) is 12.2. The fourth-order valence-electron chi connectivity index (χ4n) is 2.00.